The molecule has 3 rings (SSSR count). The normalized spacial score (nSPS) is 11.6. The Morgan fingerprint density at radius 3 is 2.42 bits per heavy atom. The fraction of sp³-hybridized carbons (Fsp3) is 0.304. The second-order valence-electron chi connectivity index (χ2n) is 7.49. The quantitative estimate of drug-likeness (QED) is 0.321. The SMILES string of the molecule is COCCNC(=O)C(c1ccc(C)o1)N(C(=O)c1snc(C(N)=O)c1N)c1ccc(OC)c(OC)c1. The van der Waals surface area contributed by atoms with Gasteiger partial charge in [0.05, 0.1) is 26.5 Å². The summed E-state index contributed by atoms with van der Waals surface area (Å²) in [5.74, 6) is -0.658. The highest BCUT2D eigenvalue weighted by Crippen LogP contribution is 2.38. The van der Waals surface area contributed by atoms with Crippen LogP contribution in [0.25, 0.3) is 0 Å². The van der Waals surface area contributed by atoms with Gasteiger partial charge in [0, 0.05) is 25.4 Å². The van der Waals surface area contributed by atoms with Crippen LogP contribution in [0, 0.1) is 6.92 Å². The lowest BCUT2D eigenvalue weighted by Gasteiger charge is -2.30. The molecule has 5 N–H and O–H groups in total. The van der Waals surface area contributed by atoms with Crippen molar-refractivity contribution in [1.29, 1.82) is 0 Å². The highest BCUT2D eigenvalue weighted by Gasteiger charge is 2.38. The van der Waals surface area contributed by atoms with Crippen molar-refractivity contribution in [3.63, 3.8) is 0 Å². The van der Waals surface area contributed by atoms with Crippen molar-refractivity contribution in [3.05, 3.63) is 52.4 Å². The molecule has 1 aromatic carbocycles. The van der Waals surface area contributed by atoms with Gasteiger partial charge in [0.1, 0.15) is 16.4 Å². The van der Waals surface area contributed by atoms with Crippen LogP contribution in [-0.4, -0.2) is 56.6 Å². The third-order valence-corrected chi connectivity index (χ3v) is 6.01. The standard InChI is InChI=1S/C23H27N5O7S/c1-12-5-7-15(35-12)19(22(30)26-9-10-32-2)28(13-6-8-14(33-3)16(11-13)34-4)23(31)20-17(24)18(21(25)29)27-36-20/h5-8,11,19H,9-10,24H2,1-4H3,(H2,25,29)(H,26,30). The summed E-state index contributed by atoms with van der Waals surface area (Å²) in [5, 5.41) is 2.75. The maximum Gasteiger partial charge on any atom is 0.273 e. The average molecular weight is 518 g/mol. The molecule has 12 nitrogen and oxygen atoms in total. The van der Waals surface area contributed by atoms with Gasteiger partial charge in [-0.15, -0.1) is 0 Å². The van der Waals surface area contributed by atoms with E-state index in [0.717, 1.165) is 0 Å². The first-order valence-corrected chi connectivity index (χ1v) is 11.4. The van der Waals surface area contributed by atoms with Gasteiger partial charge in [-0.3, -0.25) is 19.3 Å². The molecule has 3 amide bonds. The molecule has 0 saturated carbocycles. The maximum atomic E-state index is 14.0. The Kier molecular flexibility index (Phi) is 8.51. The fourth-order valence-corrected chi connectivity index (χ4v) is 4.19. The van der Waals surface area contributed by atoms with Crippen LogP contribution in [-0.2, 0) is 9.53 Å². The van der Waals surface area contributed by atoms with E-state index in [1.807, 2.05) is 0 Å². The third kappa shape index (κ3) is 5.42. The van der Waals surface area contributed by atoms with Crippen molar-refractivity contribution in [2.24, 2.45) is 5.73 Å². The van der Waals surface area contributed by atoms with E-state index >= 15 is 0 Å². The average Bonchev–Trinajstić information content (AvgIpc) is 3.46. The van der Waals surface area contributed by atoms with Crippen molar-refractivity contribution in [1.82, 2.24) is 9.69 Å². The van der Waals surface area contributed by atoms with Crippen LogP contribution in [0.3, 0.4) is 0 Å². The first kappa shape index (κ1) is 26.5. The zero-order valence-electron chi connectivity index (χ0n) is 20.2. The van der Waals surface area contributed by atoms with E-state index in [2.05, 4.69) is 9.69 Å². The molecule has 0 radical (unpaired) electrons. The molecule has 192 valence electrons. The monoisotopic (exact) mass is 517 g/mol. The first-order valence-electron chi connectivity index (χ1n) is 10.7. The van der Waals surface area contributed by atoms with Gasteiger partial charge >= 0.3 is 0 Å². The number of aryl methyl sites for hydroxylation is 1. The first-order chi connectivity index (χ1) is 17.2. The summed E-state index contributed by atoms with van der Waals surface area (Å²) < 4.78 is 25.4. The summed E-state index contributed by atoms with van der Waals surface area (Å²) in [6.07, 6.45) is 0. The van der Waals surface area contributed by atoms with Crippen LogP contribution in [0.4, 0.5) is 11.4 Å². The van der Waals surface area contributed by atoms with Crippen molar-refractivity contribution >= 4 is 40.6 Å². The van der Waals surface area contributed by atoms with Crippen LogP contribution < -0.4 is 31.2 Å². The zero-order chi connectivity index (χ0) is 26.4. The molecule has 0 aliphatic carbocycles. The predicted octanol–water partition coefficient (Wildman–Crippen LogP) is 1.89. The number of nitrogens with one attached hydrogen (secondary N) is 1. The van der Waals surface area contributed by atoms with Crippen LogP contribution in [0.2, 0.25) is 0 Å². The Hall–Kier alpha value is -4.10. The van der Waals surface area contributed by atoms with Gasteiger partial charge in [0.15, 0.2) is 23.2 Å². The number of methoxy groups -OCH3 is 3. The van der Waals surface area contributed by atoms with E-state index in [-0.39, 0.29) is 40.9 Å². The Labute approximate surface area is 211 Å². The summed E-state index contributed by atoms with van der Waals surface area (Å²) >= 11 is 0.699. The van der Waals surface area contributed by atoms with E-state index in [9.17, 15) is 14.4 Å². The highest BCUT2D eigenvalue weighted by molar-refractivity contribution is 7.09. The number of nitrogens with zero attached hydrogens (tertiary/aromatic N) is 2. The second kappa shape index (κ2) is 11.6. The minimum atomic E-state index is -1.26. The molecule has 0 fully saturated rings. The number of amides is 3. The number of hydrogen-bond acceptors (Lipinski definition) is 10. The molecule has 0 spiro atoms. The molecule has 3 aromatic rings. The smallest absolute Gasteiger partial charge is 0.273 e. The van der Waals surface area contributed by atoms with Crippen LogP contribution >= 0.6 is 11.5 Å². The van der Waals surface area contributed by atoms with Gasteiger partial charge in [-0.2, -0.15) is 4.37 Å². The summed E-state index contributed by atoms with van der Waals surface area (Å²) in [6, 6.07) is 6.72. The van der Waals surface area contributed by atoms with Crippen molar-refractivity contribution < 1.29 is 33.0 Å². The molecular formula is C23H27N5O7S. The zero-order valence-corrected chi connectivity index (χ0v) is 21.0. The number of benzene rings is 1. The molecule has 0 aliphatic heterocycles. The molecule has 2 heterocycles. The predicted molar refractivity (Wildman–Crippen MR) is 132 cm³/mol. The topological polar surface area (TPSA) is 172 Å². The van der Waals surface area contributed by atoms with E-state index in [1.54, 1.807) is 31.2 Å². The van der Waals surface area contributed by atoms with Gasteiger partial charge < -0.3 is 35.4 Å². The van der Waals surface area contributed by atoms with Crippen molar-refractivity contribution in [2.45, 2.75) is 13.0 Å². The molecule has 36 heavy (non-hydrogen) atoms. The van der Waals surface area contributed by atoms with E-state index < -0.39 is 23.8 Å². The number of primary amides is 1. The van der Waals surface area contributed by atoms with Gasteiger partial charge in [0.2, 0.25) is 0 Å². The number of rotatable bonds is 11. The summed E-state index contributed by atoms with van der Waals surface area (Å²) in [6.45, 7) is 2.16. The van der Waals surface area contributed by atoms with Gasteiger partial charge in [-0.1, -0.05) is 0 Å². The highest BCUT2D eigenvalue weighted by atomic mass is 32.1. The number of furan rings is 1. The summed E-state index contributed by atoms with van der Waals surface area (Å²) in [7, 11) is 4.42. The number of nitrogen functional groups attached to an aromatic ring is 1. The van der Waals surface area contributed by atoms with E-state index in [0.29, 0.717) is 28.8 Å². The molecule has 1 unspecified atom stereocenters. The Morgan fingerprint density at radius 2 is 1.86 bits per heavy atom. The lowest BCUT2D eigenvalue weighted by atomic mass is 10.1. The lowest BCUT2D eigenvalue weighted by Crippen LogP contribution is -2.44. The maximum absolute atomic E-state index is 14.0. The number of nitrogens with two attached hydrogens (primary N) is 2. The second-order valence-corrected chi connectivity index (χ2v) is 8.26. The largest absolute Gasteiger partial charge is 0.493 e. The van der Waals surface area contributed by atoms with E-state index in [1.165, 1.54) is 32.3 Å². The molecule has 2 aromatic heterocycles. The van der Waals surface area contributed by atoms with Gasteiger partial charge in [0.25, 0.3) is 17.7 Å². The molecular weight excluding hydrogens is 490 g/mol. The minimum Gasteiger partial charge on any atom is -0.493 e. The number of aromatic nitrogens is 1. The molecule has 1 atom stereocenters. The van der Waals surface area contributed by atoms with Gasteiger partial charge in [-0.25, -0.2) is 0 Å². The fourth-order valence-electron chi connectivity index (χ4n) is 3.44. The molecule has 13 heteroatoms. The number of carbonyl (C=O) groups excluding carboxylic acids is 3. The van der Waals surface area contributed by atoms with Crippen molar-refractivity contribution in [3.8, 4) is 11.5 Å². The Morgan fingerprint density at radius 1 is 1.14 bits per heavy atom. The van der Waals surface area contributed by atoms with E-state index in [4.69, 9.17) is 30.1 Å². The number of carbonyl (C=O) groups is 3. The molecule has 0 aliphatic rings. The summed E-state index contributed by atoms with van der Waals surface area (Å²) in [4.78, 5) is 40.2. The van der Waals surface area contributed by atoms with Crippen LogP contribution in [0.5, 0.6) is 11.5 Å². The van der Waals surface area contributed by atoms with Crippen LogP contribution in [0.1, 0.15) is 37.7 Å². The Bertz CT molecular complexity index is 1260. The number of ether oxygens (including phenoxy) is 3. The Balaban J connectivity index is 2.21. The minimum absolute atomic E-state index is 0.0726. The van der Waals surface area contributed by atoms with Crippen LogP contribution in [0.15, 0.2) is 34.7 Å². The molecule has 0 saturated heterocycles. The number of anilines is 2. The van der Waals surface area contributed by atoms with Gasteiger partial charge in [-0.05, 0) is 42.7 Å². The number of hydrogen-bond donors (Lipinski definition) is 3. The van der Waals surface area contributed by atoms with Crippen molar-refractivity contribution in [2.75, 3.05) is 45.1 Å². The lowest BCUT2D eigenvalue weighted by molar-refractivity contribution is -0.123. The third-order valence-electron chi connectivity index (χ3n) is 5.16. The molecule has 0 bridgehead atoms. The summed E-state index contributed by atoms with van der Waals surface area (Å²) in [5.41, 5.74) is 11.2.